The second kappa shape index (κ2) is 7.79. The first kappa shape index (κ1) is 22.8. The molecule has 166 valence electrons. The van der Waals surface area contributed by atoms with Crippen LogP contribution in [0.15, 0.2) is 42.2 Å². The molecule has 0 radical (unpaired) electrons. The van der Waals surface area contributed by atoms with Gasteiger partial charge in [0.1, 0.15) is 0 Å². The lowest BCUT2D eigenvalue weighted by atomic mass is 9.87. The lowest BCUT2D eigenvalue weighted by molar-refractivity contribution is 0.543. The smallest absolute Gasteiger partial charge is 0.0574 e. The first-order valence-electron chi connectivity index (χ1n) is 10.4. The lowest BCUT2D eigenvalue weighted by Crippen LogP contribution is -2.15. The first-order chi connectivity index (χ1) is 14.9. The molecule has 5 heterocycles. The van der Waals surface area contributed by atoms with Gasteiger partial charge in [0.2, 0.25) is 0 Å². The summed E-state index contributed by atoms with van der Waals surface area (Å²) < 4.78 is 3.99. The van der Waals surface area contributed by atoms with Gasteiger partial charge in [-0.1, -0.05) is 27.7 Å². The summed E-state index contributed by atoms with van der Waals surface area (Å²) in [5, 5.41) is 0. The standard InChI is InChI=1S/C24H22Br4N4/c1-23(2)9-11-5-13-19(25)22(28)16(32-13)8-18-24(3,4)10-12(30-18)6-14-20(26)21(27)15(31-14)7-17(23)29-11/h5-8,31-32H,9-10H2,1-4H3. The topological polar surface area (TPSA) is 57.4 Å². The van der Waals surface area contributed by atoms with Gasteiger partial charge in [-0.05, 0) is 88.0 Å². The number of H-pyrrole nitrogens is 2. The summed E-state index contributed by atoms with van der Waals surface area (Å²) in [6, 6.07) is 8.57. The van der Waals surface area contributed by atoms with Gasteiger partial charge in [0.15, 0.2) is 0 Å². The Morgan fingerprint density at radius 3 is 1.25 bits per heavy atom. The molecule has 0 unspecified atom stereocenters. The van der Waals surface area contributed by atoms with E-state index in [2.05, 4.69) is 126 Å². The third-order valence-corrected chi connectivity index (χ3v) is 10.6. The van der Waals surface area contributed by atoms with Crippen molar-refractivity contribution in [2.75, 3.05) is 0 Å². The molecular weight excluding hydrogens is 664 g/mol. The number of halogens is 4. The van der Waals surface area contributed by atoms with Crippen LogP contribution in [0.25, 0.3) is 22.1 Å². The van der Waals surface area contributed by atoms with Crippen LogP contribution >= 0.6 is 63.7 Å². The number of aromatic amines is 2. The molecule has 0 saturated heterocycles. The quantitative estimate of drug-likeness (QED) is 0.250. The molecule has 32 heavy (non-hydrogen) atoms. The van der Waals surface area contributed by atoms with Gasteiger partial charge < -0.3 is 9.97 Å². The van der Waals surface area contributed by atoms with Crippen molar-refractivity contribution in [3.63, 3.8) is 0 Å². The molecule has 0 fully saturated rings. The van der Waals surface area contributed by atoms with E-state index < -0.39 is 0 Å². The second-order valence-corrected chi connectivity index (χ2v) is 13.0. The van der Waals surface area contributed by atoms with E-state index in [1.54, 1.807) is 0 Å². The zero-order valence-electron chi connectivity index (χ0n) is 18.1. The number of rotatable bonds is 0. The van der Waals surface area contributed by atoms with Crippen molar-refractivity contribution >= 4 is 85.8 Å². The van der Waals surface area contributed by atoms with Crippen LogP contribution in [0.4, 0.5) is 0 Å². The maximum Gasteiger partial charge on any atom is 0.0574 e. The monoisotopic (exact) mass is 682 g/mol. The van der Waals surface area contributed by atoms with E-state index in [9.17, 15) is 0 Å². The molecule has 3 aromatic heterocycles. The van der Waals surface area contributed by atoms with Crippen molar-refractivity contribution in [3.8, 4) is 0 Å². The van der Waals surface area contributed by atoms with E-state index in [0.29, 0.717) is 0 Å². The Labute approximate surface area is 220 Å². The molecule has 0 spiro atoms. The van der Waals surface area contributed by atoms with E-state index in [1.165, 1.54) is 0 Å². The Bertz CT molecular complexity index is 1320. The summed E-state index contributed by atoms with van der Waals surface area (Å²) >= 11 is 15.0. The SMILES string of the molecule is CC1(C)Cc2cc3[nH]c(cc4nc(cc5[nH]c(cc1n2)c(Br)c5Br)CC4(C)C)c(Br)c3Br. The highest BCUT2D eigenvalue weighted by Gasteiger charge is 2.30. The minimum Gasteiger partial charge on any atom is -0.354 e. The summed E-state index contributed by atoms with van der Waals surface area (Å²) in [6.07, 6.45) is 1.74. The summed E-state index contributed by atoms with van der Waals surface area (Å²) in [4.78, 5) is 17.1. The van der Waals surface area contributed by atoms with Crippen molar-refractivity contribution in [2.24, 2.45) is 0 Å². The zero-order valence-corrected chi connectivity index (χ0v) is 24.5. The van der Waals surface area contributed by atoms with Crippen molar-refractivity contribution in [1.29, 1.82) is 0 Å². The molecule has 2 N–H and O–H groups in total. The van der Waals surface area contributed by atoms with Crippen LogP contribution in [0.5, 0.6) is 0 Å². The molecule has 0 saturated carbocycles. The third-order valence-electron chi connectivity index (χ3n) is 6.22. The number of nitrogens with zero attached hydrogens (tertiary/aromatic N) is 2. The van der Waals surface area contributed by atoms with E-state index in [-0.39, 0.29) is 10.8 Å². The Morgan fingerprint density at radius 1 is 0.594 bits per heavy atom. The average molecular weight is 686 g/mol. The maximum absolute atomic E-state index is 5.00. The molecule has 2 aliphatic rings. The molecule has 0 amide bonds. The fourth-order valence-electron chi connectivity index (χ4n) is 4.39. The van der Waals surface area contributed by atoms with Gasteiger partial charge in [0.05, 0.1) is 40.0 Å². The predicted octanol–water partition coefficient (Wildman–Crippen LogP) is 8.41. The van der Waals surface area contributed by atoms with Crippen LogP contribution in [-0.4, -0.2) is 19.9 Å². The van der Waals surface area contributed by atoms with Gasteiger partial charge in [0.25, 0.3) is 0 Å². The van der Waals surface area contributed by atoms with Crippen molar-refractivity contribution in [1.82, 2.24) is 19.9 Å². The molecule has 4 nitrogen and oxygen atoms in total. The van der Waals surface area contributed by atoms with Gasteiger partial charge in [-0.15, -0.1) is 0 Å². The van der Waals surface area contributed by atoms with Crippen LogP contribution in [0.3, 0.4) is 0 Å². The fraction of sp³-hybridized carbons (Fsp3) is 0.333. The fourth-order valence-corrected chi connectivity index (χ4v) is 6.10. The van der Waals surface area contributed by atoms with E-state index >= 15 is 0 Å². The number of hydrogen-bond acceptors (Lipinski definition) is 2. The average Bonchev–Trinajstić information content (AvgIpc) is 3.32. The highest BCUT2D eigenvalue weighted by Crippen LogP contribution is 2.39. The van der Waals surface area contributed by atoms with Crippen LogP contribution in [0.1, 0.15) is 50.5 Å². The first-order valence-corrected chi connectivity index (χ1v) is 13.5. The third kappa shape index (κ3) is 3.85. The maximum atomic E-state index is 5.00. The van der Waals surface area contributed by atoms with Crippen molar-refractivity contribution in [3.05, 3.63) is 64.9 Å². The van der Waals surface area contributed by atoms with Crippen LogP contribution in [-0.2, 0) is 23.7 Å². The Kier molecular flexibility index (Phi) is 5.55. The summed E-state index contributed by atoms with van der Waals surface area (Å²) in [5.74, 6) is 0. The number of fused-ring (bicyclic) bond motifs is 8. The Hall–Kier alpha value is -0.960. The normalized spacial score (nSPS) is 17.0. The summed E-state index contributed by atoms with van der Waals surface area (Å²) in [7, 11) is 0. The molecule has 8 bridgehead atoms. The van der Waals surface area contributed by atoms with Gasteiger partial charge in [-0.2, -0.15) is 0 Å². The predicted molar refractivity (Wildman–Crippen MR) is 145 cm³/mol. The number of hydrogen-bond donors (Lipinski definition) is 2. The largest absolute Gasteiger partial charge is 0.354 e. The van der Waals surface area contributed by atoms with E-state index in [4.69, 9.17) is 9.97 Å². The Morgan fingerprint density at radius 2 is 0.906 bits per heavy atom. The Balaban J connectivity index is 1.94. The lowest BCUT2D eigenvalue weighted by Gasteiger charge is -2.15. The molecule has 8 heteroatoms. The minimum atomic E-state index is -0.0605. The van der Waals surface area contributed by atoms with Crippen LogP contribution < -0.4 is 0 Å². The molecule has 2 aliphatic heterocycles. The number of nitrogens with one attached hydrogen (secondary N) is 2. The second-order valence-electron chi connectivity index (χ2n) is 9.84. The zero-order chi connectivity index (χ0) is 23.0. The van der Waals surface area contributed by atoms with Crippen LogP contribution in [0, 0.1) is 0 Å². The highest BCUT2D eigenvalue weighted by molar-refractivity contribution is 9.13. The molecule has 0 aliphatic carbocycles. The van der Waals surface area contributed by atoms with Gasteiger partial charge in [-0.25, -0.2) is 0 Å². The minimum absolute atomic E-state index is 0.0605. The van der Waals surface area contributed by atoms with E-state index in [1.807, 2.05) is 0 Å². The van der Waals surface area contributed by atoms with Crippen LogP contribution in [0.2, 0.25) is 0 Å². The van der Waals surface area contributed by atoms with Gasteiger partial charge in [-0.3, -0.25) is 9.97 Å². The van der Waals surface area contributed by atoms with E-state index in [0.717, 1.165) is 75.6 Å². The highest BCUT2D eigenvalue weighted by atomic mass is 79.9. The van der Waals surface area contributed by atoms with Crippen molar-refractivity contribution in [2.45, 2.75) is 51.4 Å². The molecule has 5 rings (SSSR count). The van der Waals surface area contributed by atoms with Gasteiger partial charge >= 0.3 is 0 Å². The molecule has 0 aromatic carbocycles. The van der Waals surface area contributed by atoms with Crippen molar-refractivity contribution < 1.29 is 0 Å². The summed E-state index contributed by atoms with van der Waals surface area (Å²) in [6.45, 7) is 8.95. The number of aromatic nitrogens is 4. The van der Waals surface area contributed by atoms with Gasteiger partial charge in [0, 0.05) is 46.4 Å². The summed E-state index contributed by atoms with van der Waals surface area (Å²) in [5.41, 5.74) is 8.11. The molecule has 3 aromatic rings. The molecular formula is C24H22Br4N4. The molecule has 0 atom stereocenters.